The van der Waals surface area contributed by atoms with Crippen LogP contribution in [0.3, 0.4) is 0 Å². The van der Waals surface area contributed by atoms with Gasteiger partial charge in [-0.15, -0.1) is 0 Å². The van der Waals surface area contributed by atoms with Crippen molar-refractivity contribution in [2.24, 2.45) is 0 Å². The minimum atomic E-state index is -0.315. The lowest BCUT2D eigenvalue weighted by Crippen LogP contribution is -2.14. The second-order valence-electron chi connectivity index (χ2n) is 5.13. The maximum atomic E-state index is 12.2. The van der Waals surface area contributed by atoms with E-state index in [-0.39, 0.29) is 11.6 Å². The number of aromatic nitrogens is 3. The Balaban J connectivity index is 1.64. The molecule has 24 heavy (non-hydrogen) atoms. The Kier molecular flexibility index (Phi) is 4.76. The van der Waals surface area contributed by atoms with Gasteiger partial charge in [0.1, 0.15) is 18.1 Å². The second-order valence-corrected chi connectivity index (χ2v) is 5.13. The fourth-order valence-electron chi connectivity index (χ4n) is 2.01. The zero-order chi connectivity index (χ0) is 16.8. The Hall–Kier alpha value is -3.28. The summed E-state index contributed by atoms with van der Waals surface area (Å²) in [5.74, 6) is 0.331. The molecule has 2 aromatic heterocycles. The number of hydrogen-bond donors (Lipinski definition) is 1. The fraction of sp³-hybridized carbons (Fsp3) is 0.111. The first-order valence-electron chi connectivity index (χ1n) is 7.43. The van der Waals surface area contributed by atoms with Crippen molar-refractivity contribution in [3.05, 3.63) is 78.1 Å². The molecule has 0 saturated heterocycles. The minimum Gasteiger partial charge on any atom is -0.487 e. The van der Waals surface area contributed by atoms with Gasteiger partial charge in [0.25, 0.3) is 5.91 Å². The summed E-state index contributed by atoms with van der Waals surface area (Å²) in [5, 5.41) is 2.78. The molecule has 6 heteroatoms. The number of hydrogen-bond acceptors (Lipinski definition) is 5. The standard InChI is InChI=1S/C18H16N4O2/c1-13-10-21-17(11-20-13)18(23)22-14-6-4-7-16(9-14)24-12-15-5-2-3-8-19-15/h2-11H,12H2,1H3,(H,22,23). The molecule has 0 aliphatic rings. The number of ether oxygens (including phenoxy) is 1. The summed E-state index contributed by atoms with van der Waals surface area (Å²) in [7, 11) is 0. The number of nitrogens with one attached hydrogen (secondary N) is 1. The summed E-state index contributed by atoms with van der Waals surface area (Å²) < 4.78 is 5.69. The van der Waals surface area contributed by atoms with Crippen LogP contribution in [-0.4, -0.2) is 20.9 Å². The number of nitrogens with zero attached hydrogens (tertiary/aromatic N) is 3. The Morgan fingerprint density at radius 3 is 2.75 bits per heavy atom. The van der Waals surface area contributed by atoms with Crippen LogP contribution < -0.4 is 10.1 Å². The number of carbonyl (C=O) groups excluding carboxylic acids is 1. The summed E-state index contributed by atoms with van der Waals surface area (Å²) in [5.41, 5.74) is 2.49. The maximum Gasteiger partial charge on any atom is 0.275 e. The molecule has 0 radical (unpaired) electrons. The van der Waals surface area contributed by atoms with Crippen LogP contribution in [0.5, 0.6) is 5.75 Å². The van der Waals surface area contributed by atoms with Crippen molar-refractivity contribution in [1.29, 1.82) is 0 Å². The molecular weight excluding hydrogens is 304 g/mol. The van der Waals surface area contributed by atoms with E-state index >= 15 is 0 Å². The lowest BCUT2D eigenvalue weighted by Gasteiger charge is -2.09. The van der Waals surface area contributed by atoms with Crippen molar-refractivity contribution in [2.75, 3.05) is 5.32 Å². The third-order valence-electron chi connectivity index (χ3n) is 3.22. The zero-order valence-corrected chi connectivity index (χ0v) is 13.1. The van der Waals surface area contributed by atoms with E-state index < -0.39 is 0 Å². The summed E-state index contributed by atoms with van der Waals surface area (Å²) in [6.45, 7) is 2.18. The van der Waals surface area contributed by atoms with E-state index in [0.717, 1.165) is 11.4 Å². The Morgan fingerprint density at radius 2 is 2.00 bits per heavy atom. The SMILES string of the molecule is Cc1cnc(C(=O)Nc2cccc(OCc3ccccn3)c2)cn1. The van der Waals surface area contributed by atoms with Crippen molar-refractivity contribution < 1.29 is 9.53 Å². The van der Waals surface area contributed by atoms with Crippen LogP contribution in [0.1, 0.15) is 21.9 Å². The van der Waals surface area contributed by atoms with Gasteiger partial charge in [-0.3, -0.25) is 14.8 Å². The number of rotatable bonds is 5. The van der Waals surface area contributed by atoms with Gasteiger partial charge < -0.3 is 10.1 Å². The monoisotopic (exact) mass is 320 g/mol. The van der Waals surface area contributed by atoms with Crippen molar-refractivity contribution in [3.63, 3.8) is 0 Å². The molecule has 0 saturated carbocycles. The van der Waals surface area contributed by atoms with Crippen molar-refractivity contribution in [3.8, 4) is 5.75 Å². The highest BCUT2D eigenvalue weighted by Crippen LogP contribution is 2.18. The van der Waals surface area contributed by atoms with Crippen LogP contribution in [0, 0.1) is 6.92 Å². The molecule has 0 aliphatic heterocycles. The first-order chi connectivity index (χ1) is 11.7. The number of benzene rings is 1. The second kappa shape index (κ2) is 7.32. The minimum absolute atomic E-state index is 0.264. The molecule has 120 valence electrons. The predicted molar refractivity (Wildman–Crippen MR) is 89.7 cm³/mol. The van der Waals surface area contributed by atoms with Crippen molar-refractivity contribution in [1.82, 2.24) is 15.0 Å². The highest BCUT2D eigenvalue weighted by atomic mass is 16.5. The molecule has 0 aliphatic carbocycles. The number of aryl methyl sites for hydroxylation is 1. The first kappa shape index (κ1) is 15.6. The number of amides is 1. The summed E-state index contributed by atoms with van der Waals surface area (Å²) >= 11 is 0. The third kappa shape index (κ3) is 4.13. The van der Waals surface area contributed by atoms with E-state index in [1.807, 2.05) is 37.3 Å². The van der Waals surface area contributed by atoms with Crippen LogP contribution in [0.15, 0.2) is 61.1 Å². The van der Waals surface area contributed by atoms with Gasteiger partial charge in [-0.2, -0.15) is 0 Å². The van der Waals surface area contributed by atoms with Crippen LogP contribution >= 0.6 is 0 Å². The Morgan fingerprint density at radius 1 is 1.08 bits per heavy atom. The fourth-order valence-corrected chi connectivity index (χ4v) is 2.01. The molecule has 3 rings (SSSR count). The van der Waals surface area contributed by atoms with Gasteiger partial charge in [-0.25, -0.2) is 4.98 Å². The van der Waals surface area contributed by atoms with Gasteiger partial charge in [0.15, 0.2) is 0 Å². The van der Waals surface area contributed by atoms with Gasteiger partial charge in [0.2, 0.25) is 0 Å². The van der Waals surface area contributed by atoms with Crippen LogP contribution in [0.2, 0.25) is 0 Å². The largest absolute Gasteiger partial charge is 0.487 e. The highest BCUT2D eigenvalue weighted by Gasteiger charge is 2.08. The lowest BCUT2D eigenvalue weighted by molar-refractivity contribution is 0.102. The molecular formula is C18H16N4O2. The molecule has 0 atom stereocenters. The van der Waals surface area contributed by atoms with Gasteiger partial charge in [-0.1, -0.05) is 12.1 Å². The van der Waals surface area contributed by atoms with Gasteiger partial charge in [0, 0.05) is 24.1 Å². The van der Waals surface area contributed by atoms with Gasteiger partial charge in [0.05, 0.1) is 17.6 Å². The van der Waals surface area contributed by atoms with Gasteiger partial charge >= 0.3 is 0 Å². The van der Waals surface area contributed by atoms with Crippen LogP contribution in [-0.2, 0) is 6.61 Å². The van der Waals surface area contributed by atoms with Gasteiger partial charge in [-0.05, 0) is 31.2 Å². The van der Waals surface area contributed by atoms with E-state index in [1.54, 1.807) is 24.5 Å². The average molecular weight is 320 g/mol. The molecule has 0 unspecified atom stereocenters. The molecule has 1 N–H and O–H groups in total. The molecule has 3 aromatic rings. The van der Waals surface area contributed by atoms with Crippen LogP contribution in [0.25, 0.3) is 0 Å². The molecule has 2 heterocycles. The topological polar surface area (TPSA) is 77.0 Å². The van der Waals surface area contributed by atoms with E-state index in [4.69, 9.17) is 4.74 Å². The Labute approximate surface area is 139 Å². The van der Waals surface area contributed by atoms with E-state index in [9.17, 15) is 4.79 Å². The van der Waals surface area contributed by atoms with Crippen molar-refractivity contribution >= 4 is 11.6 Å². The third-order valence-corrected chi connectivity index (χ3v) is 3.22. The highest BCUT2D eigenvalue weighted by molar-refractivity contribution is 6.02. The smallest absolute Gasteiger partial charge is 0.275 e. The van der Waals surface area contributed by atoms with Crippen LogP contribution in [0.4, 0.5) is 5.69 Å². The molecule has 1 amide bonds. The predicted octanol–water partition coefficient (Wildman–Crippen LogP) is 3.01. The summed E-state index contributed by atoms with van der Waals surface area (Å²) in [4.78, 5) is 24.5. The summed E-state index contributed by atoms with van der Waals surface area (Å²) in [6.07, 6.45) is 4.73. The van der Waals surface area contributed by atoms with E-state index in [0.29, 0.717) is 18.0 Å². The average Bonchev–Trinajstić information content (AvgIpc) is 2.62. The quantitative estimate of drug-likeness (QED) is 0.782. The molecule has 6 nitrogen and oxygen atoms in total. The number of carbonyl (C=O) groups is 1. The lowest BCUT2D eigenvalue weighted by atomic mass is 10.3. The summed E-state index contributed by atoms with van der Waals surface area (Å²) in [6, 6.07) is 12.8. The molecule has 0 bridgehead atoms. The Bertz CT molecular complexity index is 820. The molecule has 0 fully saturated rings. The number of pyridine rings is 1. The van der Waals surface area contributed by atoms with E-state index in [1.165, 1.54) is 6.20 Å². The number of anilines is 1. The molecule has 1 aromatic carbocycles. The first-order valence-corrected chi connectivity index (χ1v) is 7.43. The maximum absolute atomic E-state index is 12.2. The normalized spacial score (nSPS) is 10.2. The van der Waals surface area contributed by atoms with E-state index in [2.05, 4.69) is 20.3 Å². The zero-order valence-electron chi connectivity index (χ0n) is 13.1. The van der Waals surface area contributed by atoms with Crippen molar-refractivity contribution in [2.45, 2.75) is 13.5 Å². The molecule has 0 spiro atoms.